The van der Waals surface area contributed by atoms with Crippen LogP contribution in [0, 0.1) is 0 Å². The van der Waals surface area contributed by atoms with E-state index in [1.807, 2.05) is 91.0 Å². The number of hydrogen-bond acceptors (Lipinski definition) is 6. The molecular weight excluding hydrogens is 433 g/mol. The van der Waals surface area contributed by atoms with Crippen molar-refractivity contribution >= 4 is 46.7 Å². The smallest absolute Gasteiger partial charge is 0.429 e. The van der Waals surface area contributed by atoms with Gasteiger partial charge in [-0.25, -0.2) is 9.78 Å². The Balaban J connectivity index is 1.60. The lowest BCUT2D eigenvalue weighted by molar-refractivity contribution is -0.149. The van der Waals surface area contributed by atoms with Crippen LogP contribution in [0.5, 0.6) is 0 Å². The molecule has 0 aliphatic heterocycles. The monoisotopic (exact) mass is 453 g/mol. The second-order valence-corrected chi connectivity index (χ2v) is 8.34. The zero-order valence-electron chi connectivity index (χ0n) is 17.9. The molecule has 5 nitrogen and oxygen atoms in total. The topological polar surface area (TPSA) is 73.3 Å². The molecule has 4 rings (SSSR count). The molecule has 0 spiro atoms. The van der Waals surface area contributed by atoms with Crippen LogP contribution in [0.1, 0.15) is 17.8 Å². The summed E-state index contributed by atoms with van der Waals surface area (Å²) in [6.45, 7) is 0.512. The molecule has 0 aliphatic rings. The molecule has 1 aromatic heterocycles. The molecule has 1 unspecified atom stereocenters. The summed E-state index contributed by atoms with van der Waals surface area (Å²) in [5, 5.41) is 2.05. The Morgan fingerprint density at radius 1 is 0.818 bits per heavy atom. The molecule has 0 saturated heterocycles. The molecule has 0 bridgehead atoms. The third-order valence-electron chi connectivity index (χ3n) is 5.14. The Hall–Kier alpha value is -3.84. The van der Waals surface area contributed by atoms with Gasteiger partial charge in [-0.3, -0.25) is 9.59 Å². The molecule has 4 aromatic rings. The fourth-order valence-corrected chi connectivity index (χ4v) is 4.48. The fraction of sp³-hybridized carbons (Fsp3) is 0.0769. The van der Waals surface area contributed by atoms with Crippen molar-refractivity contribution in [3.63, 3.8) is 0 Å². The highest BCUT2D eigenvalue weighted by molar-refractivity contribution is 7.10. The van der Waals surface area contributed by atoms with Gasteiger partial charge in [0.1, 0.15) is 16.7 Å². The van der Waals surface area contributed by atoms with Gasteiger partial charge in [0.15, 0.2) is 0 Å². The van der Waals surface area contributed by atoms with Crippen molar-refractivity contribution in [2.75, 3.05) is 0 Å². The molecule has 1 heterocycles. The van der Waals surface area contributed by atoms with Crippen molar-refractivity contribution in [1.82, 2.24) is 4.98 Å². The highest BCUT2D eigenvalue weighted by Gasteiger charge is 2.37. The summed E-state index contributed by atoms with van der Waals surface area (Å²) in [5.74, 6) is -3.74. The predicted octanol–water partition coefficient (Wildman–Crippen LogP) is 3.40. The molecule has 33 heavy (non-hydrogen) atoms. The van der Waals surface area contributed by atoms with E-state index < -0.39 is 30.4 Å². The number of ketones is 2. The fourth-order valence-electron chi connectivity index (χ4n) is 3.50. The van der Waals surface area contributed by atoms with E-state index >= 15 is 0 Å². The number of hydrogen-bond donors (Lipinski definition) is 0. The van der Waals surface area contributed by atoms with Crippen molar-refractivity contribution in [3.8, 4) is 11.3 Å². The van der Waals surface area contributed by atoms with E-state index in [0.29, 0.717) is 5.69 Å². The molecule has 0 amide bonds. The first kappa shape index (κ1) is 22.4. The molecule has 3 aromatic carbocycles. The Morgan fingerprint density at radius 3 is 1.85 bits per heavy atom. The minimum Gasteiger partial charge on any atom is -0.520 e. The largest absolute Gasteiger partial charge is 0.520 e. The highest BCUT2D eigenvalue weighted by Crippen LogP contribution is 2.28. The van der Waals surface area contributed by atoms with E-state index in [4.69, 9.17) is 4.65 Å². The Labute approximate surface area is 196 Å². The van der Waals surface area contributed by atoms with Crippen molar-refractivity contribution in [2.24, 2.45) is 0 Å². The number of carbonyl (C=O) groups is 3. The van der Waals surface area contributed by atoms with Gasteiger partial charge >= 0.3 is 12.9 Å². The lowest BCUT2D eigenvalue weighted by Gasteiger charge is -2.16. The van der Waals surface area contributed by atoms with Gasteiger partial charge in [0, 0.05) is 10.9 Å². The third-order valence-corrected chi connectivity index (χ3v) is 6.05. The average Bonchev–Trinajstić information content (AvgIpc) is 3.33. The lowest BCUT2D eigenvalue weighted by Crippen LogP contribution is -2.48. The van der Waals surface area contributed by atoms with Gasteiger partial charge in [-0.05, 0) is 17.8 Å². The molecular formula is C26H20BNO4S. The van der Waals surface area contributed by atoms with Gasteiger partial charge in [-0.1, -0.05) is 91.0 Å². The second-order valence-electron chi connectivity index (χ2n) is 7.45. The predicted molar refractivity (Wildman–Crippen MR) is 130 cm³/mol. The summed E-state index contributed by atoms with van der Waals surface area (Å²) in [6.07, 6.45) is 0. The number of Topliss-reactive ketones (excluding diaryl/α,β-unsaturated/α-hetero) is 2. The standard InChI is InChI=1S/C26H20BNO4S/c1-18(29)23(25-28-22(17-33-25)19-11-5-2-6-12-19)24(30)26(31)32-27(20-13-7-3-8-14-20)21-15-9-4-10-16-21/h2-17,23H,1H3. The van der Waals surface area contributed by atoms with Crippen LogP contribution < -0.4 is 10.9 Å². The first-order chi connectivity index (χ1) is 16.0. The number of carbonyl (C=O) groups excluding carboxylic acids is 3. The molecule has 0 saturated carbocycles. The van der Waals surface area contributed by atoms with Crippen LogP contribution in [0.3, 0.4) is 0 Å². The summed E-state index contributed by atoms with van der Waals surface area (Å²) in [5.41, 5.74) is 2.97. The van der Waals surface area contributed by atoms with Crippen molar-refractivity contribution in [3.05, 3.63) is 101 Å². The highest BCUT2D eigenvalue weighted by atomic mass is 32.1. The van der Waals surface area contributed by atoms with Gasteiger partial charge in [0.25, 0.3) is 5.78 Å². The quantitative estimate of drug-likeness (QED) is 0.232. The van der Waals surface area contributed by atoms with Crippen molar-refractivity contribution in [2.45, 2.75) is 12.8 Å². The molecule has 162 valence electrons. The molecule has 1 atom stereocenters. The van der Waals surface area contributed by atoms with Crippen LogP contribution in [0.4, 0.5) is 0 Å². The van der Waals surface area contributed by atoms with E-state index in [1.54, 1.807) is 5.38 Å². The summed E-state index contributed by atoms with van der Waals surface area (Å²) >= 11 is 1.18. The van der Waals surface area contributed by atoms with Crippen LogP contribution in [-0.4, -0.2) is 29.4 Å². The maximum Gasteiger partial charge on any atom is 0.429 e. The van der Waals surface area contributed by atoms with Crippen LogP contribution in [0.2, 0.25) is 0 Å². The zero-order chi connectivity index (χ0) is 23.2. The van der Waals surface area contributed by atoms with E-state index in [2.05, 4.69) is 4.98 Å². The number of thiazole rings is 1. The maximum atomic E-state index is 13.1. The van der Waals surface area contributed by atoms with Crippen LogP contribution in [0.15, 0.2) is 96.4 Å². The van der Waals surface area contributed by atoms with Gasteiger partial charge in [-0.15, -0.1) is 11.3 Å². The Bertz CT molecular complexity index is 1220. The van der Waals surface area contributed by atoms with Gasteiger partial charge in [-0.2, -0.15) is 0 Å². The summed E-state index contributed by atoms with van der Waals surface area (Å²) < 4.78 is 5.66. The molecule has 0 radical (unpaired) electrons. The number of rotatable bonds is 8. The summed E-state index contributed by atoms with van der Waals surface area (Å²) in [4.78, 5) is 42.9. The van der Waals surface area contributed by atoms with E-state index in [9.17, 15) is 14.4 Å². The maximum absolute atomic E-state index is 13.1. The van der Waals surface area contributed by atoms with Gasteiger partial charge < -0.3 is 4.65 Å². The second kappa shape index (κ2) is 10.2. The number of benzene rings is 3. The number of nitrogens with zero attached hydrogens (tertiary/aromatic N) is 1. The minimum absolute atomic E-state index is 0.277. The van der Waals surface area contributed by atoms with Crippen LogP contribution in [0.25, 0.3) is 11.3 Å². The Kier molecular flexibility index (Phi) is 6.90. The number of aromatic nitrogens is 1. The van der Waals surface area contributed by atoms with Crippen LogP contribution >= 0.6 is 11.3 Å². The van der Waals surface area contributed by atoms with E-state index in [-0.39, 0.29) is 5.01 Å². The van der Waals surface area contributed by atoms with Crippen molar-refractivity contribution < 1.29 is 19.0 Å². The average molecular weight is 453 g/mol. The third kappa shape index (κ3) is 5.15. The van der Waals surface area contributed by atoms with E-state index in [0.717, 1.165) is 16.5 Å². The van der Waals surface area contributed by atoms with Gasteiger partial charge in [0.2, 0.25) is 0 Å². The summed E-state index contributed by atoms with van der Waals surface area (Å²) in [6, 6.07) is 27.8. The molecule has 0 N–H and O–H groups in total. The minimum atomic E-state index is -1.30. The van der Waals surface area contributed by atoms with Crippen LogP contribution in [-0.2, 0) is 19.0 Å². The van der Waals surface area contributed by atoms with E-state index in [1.165, 1.54) is 18.3 Å². The Morgan fingerprint density at radius 2 is 1.33 bits per heavy atom. The molecule has 7 heteroatoms. The first-order valence-electron chi connectivity index (χ1n) is 10.4. The molecule has 0 fully saturated rings. The lowest BCUT2D eigenvalue weighted by atomic mass is 9.55. The molecule has 0 aliphatic carbocycles. The normalized spacial score (nSPS) is 11.4. The van der Waals surface area contributed by atoms with Gasteiger partial charge in [0.05, 0.1) is 5.69 Å². The van der Waals surface area contributed by atoms with Crippen molar-refractivity contribution in [1.29, 1.82) is 0 Å². The SMILES string of the molecule is CC(=O)C(C(=O)C(=O)OB(c1ccccc1)c1ccccc1)c1nc(-c2ccccc2)cs1. The zero-order valence-corrected chi connectivity index (χ0v) is 18.7. The first-order valence-corrected chi connectivity index (χ1v) is 11.3. The summed E-state index contributed by atoms with van der Waals surface area (Å²) in [7, 11) is 0.